The number of hydrogen-bond donors (Lipinski definition) is 2. The van der Waals surface area contributed by atoms with E-state index in [4.69, 9.17) is 4.74 Å². The SMILES string of the molecule is COc1cccc(CNC(=O)C(=O)NCC[C@@H]2CCCCN2S(=O)(=O)c2ccc(F)c(C)c2)c1. The van der Waals surface area contributed by atoms with E-state index in [0.717, 1.165) is 24.5 Å². The van der Waals surface area contributed by atoms with Crippen LogP contribution in [0.25, 0.3) is 0 Å². The van der Waals surface area contributed by atoms with E-state index in [9.17, 15) is 22.4 Å². The van der Waals surface area contributed by atoms with Crippen molar-refractivity contribution in [2.75, 3.05) is 20.2 Å². The monoisotopic (exact) mass is 491 g/mol. The number of aryl methyl sites for hydroxylation is 1. The lowest BCUT2D eigenvalue weighted by molar-refractivity contribution is -0.139. The molecule has 0 unspecified atom stereocenters. The van der Waals surface area contributed by atoms with Crippen LogP contribution < -0.4 is 15.4 Å². The van der Waals surface area contributed by atoms with Gasteiger partial charge in [0.25, 0.3) is 0 Å². The predicted octanol–water partition coefficient (Wildman–Crippen LogP) is 2.51. The molecule has 0 radical (unpaired) electrons. The van der Waals surface area contributed by atoms with Crippen molar-refractivity contribution < 1.29 is 27.1 Å². The van der Waals surface area contributed by atoms with E-state index in [-0.39, 0.29) is 29.6 Å². The molecular formula is C24H30FN3O5S. The fourth-order valence-corrected chi connectivity index (χ4v) is 5.78. The summed E-state index contributed by atoms with van der Waals surface area (Å²) in [5, 5.41) is 5.13. The van der Waals surface area contributed by atoms with Crippen molar-refractivity contribution in [3.8, 4) is 5.75 Å². The molecule has 2 N–H and O–H groups in total. The zero-order valence-electron chi connectivity index (χ0n) is 19.3. The average molecular weight is 492 g/mol. The molecule has 184 valence electrons. The highest BCUT2D eigenvalue weighted by Gasteiger charge is 2.33. The van der Waals surface area contributed by atoms with Gasteiger partial charge in [-0.25, -0.2) is 12.8 Å². The summed E-state index contributed by atoms with van der Waals surface area (Å²) >= 11 is 0. The third-order valence-corrected chi connectivity index (χ3v) is 7.81. The second-order valence-corrected chi connectivity index (χ2v) is 10.1. The Bertz CT molecular complexity index is 1140. The molecule has 1 aliphatic heterocycles. The molecule has 3 rings (SSSR count). The quantitative estimate of drug-likeness (QED) is 0.552. The van der Waals surface area contributed by atoms with E-state index in [1.807, 2.05) is 0 Å². The number of methoxy groups -OCH3 is 1. The summed E-state index contributed by atoms with van der Waals surface area (Å²) in [5.41, 5.74) is 1.06. The minimum absolute atomic E-state index is 0.0549. The molecule has 2 aromatic carbocycles. The van der Waals surface area contributed by atoms with Crippen LogP contribution in [0.15, 0.2) is 47.4 Å². The Kier molecular flexibility index (Phi) is 8.62. The summed E-state index contributed by atoms with van der Waals surface area (Å²) in [5.74, 6) is -1.35. The normalized spacial score (nSPS) is 16.6. The summed E-state index contributed by atoms with van der Waals surface area (Å²) in [6.07, 6.45) is 2.62. The van der Waals surface area contributed by atoms with Gasteiger partial charge in [0, 0.05) is 25.7 Å². The number of sulfonamides is 1. The number of piperidine rings is 1. The Morgan fingerprint density at radius 3 is 2.62 bits per heavy atom. The van der Waals surface area contributed by atoms with Crippen LogP contribution in [0.5, 0.6) is 5.75 Å². The number of halogens is 1. The largest absolute Gasteiger partial charge is 0.497 e. The Labute approximate surface area is 199 Å². The van der Waals surface area contributed by atoms with Gasteiger partial charge in [-0.3, -0.25) is 9.59 Å². The minimum atomic E-state index is -3.80. The zero-order valence-corrected chi connectivity index (χ0v) is 20.2. The number of carbonyl (C=O) groups excluding carboxylic acids is 2. The molecule has 1 aliphatic rings. The lowest BCUT2D eigenvalue weighted by Crippen LogP contribution is -2.46. The summed E-state index contributed by atoms with van der Waals surface area (Å²) in [4.78, 5) is 24.4. The van der Waals surface area contributed by atoms with E-state index < -0.39 is 27.7 Å². The Hall–Kier alpha value is -2.98. The maximum absolute atomic E-state index is 13.6. The van der Waals surface area contributed by atoms with Crippen LogP contribution in [0.1, 0.15) is 36.8 Å². The molecule has 0 bridgehead atoms. The second kappa shape index (κ2) is 11.4. The number of hydrogen-bond acceptors (Lipinski definition) is 5. The third kappa shape index (κ3) is 6.32. The summed E-state index contributed by atoms with van der Waals surface area (Å²) in [6, 6.07) is 10.6. The standard InChI is InChI=1S/C24H30FN3O5S/c1-17-14-21(9-10-22(17)25)34(31,32)28-13-4-3-7-19(28)11-12-26-23(29)24(30)27-16-18-6-5-8-20(15-18)33-2/h5-6,8-10,14-15,19H,3-4,7,11-13,16H2,1-2H3,(H,26,29)(H,27,30)/t19-/m0/s1. The highest BCUT2D eigenvalue weighted by atomic mass is 32.2. The van der Waals surface area contributed by atoms with Crippen molar-refractivity contribution in [3.63, 3.8) is 0 Å². The first-order valence-electron chi connectivity index (χ1n) is 11.2. The zero-order chi connectivity index (χ0) is 24.7. The number of carbonyl (C=O) groups is 2. The minimum Gasteiger partial charge on any atom is -0.497 e. The molecule has 2 amide bonds. The van der Waals surface area contributed by atoms with Crippen LogP contribution in [0.4, 0.5) is 4.39 Å². The van der Waals surface area contributed by atoms with Gasteiger partial charge in [0.1, 0.15) is 11.6 Å². The fraction of sp³-hybridized carbons (Fsp3) is 0.417. The van der Waals surface area contributed by atoms with Gasteiger partial charge in [-0.15, -0.1) is 0 Å². The van der Waals surface area contributed by atoms with Crippen molar-refractivity contribution in [1.82, 2.24) is 14.9 Å². The summed E-state index contributed by atoms with van der Waals surface area (Å²) < 4.78 is 46.5. The highest BCUT2D eigenvalue weighted by Crippen LogP contribution is 2.27. The van der Waals surface area contributed by atoms with Crippen molar-refractivity contribution in [3.05, 3.63) is 59.4 Å². The molecule has 0 aromatic heterocycles. The van der Waals surface area contributed by atoms with Gasteiger partial charge >= 0.3 is 11.8 Å². The first-order valence-corrected chi connectivity index (χ1v) is 12.6. The number of nitrogens with zero attached hydrogens (tertiary/aromatic N) is 1. The first-order chi connectivity index (χ1) is 16.2. The molecule has 0 spiro atoms. The molecule has 34 heavy (non-hydrogen) atoms. The van der Waals surface area contributed by atoms with E-state index in [1.54, 1.807) is 31.4 Å². The average Bonchev–Trinajstić information content (AvgIpc) is 2.84. The predicted molar refractivity (Wildman–Crippen MR) is 125 cm³/mol. The summed E-state index contributed by atoms with van der Waals surface area (Å²) in [6.45, 7) is 2.22. The van der Waals surface area contributed by atoms with Crippen LogP contribution in [-0.2, 0) is 26.2 Å². The molecule has 1 heterocycles. The van der Waals surface area contributed by atoms with Crippen LogP contribution in [0.2, 0.25) is 0 Å². The topological polar surface area (TPSA) is 105 Å². The third-order valence-electron chi connectivity index (χ3n) is 5.87. The molecule has 10 heteroatoms. The van der Waals surface area contributed by atoms with Gasteiger partial charge in [-0.2, -0.15) is 4.31 Å². The molecule has 0 saturated carbocycles. The maximum atomic E-state index is 13.6. The number of nitrogens with one attached hydrogen (secondary N) is 2. The molecule has 1 saturated heterocycles. The lowest BCUT2D eigenvalue weighted by Gasteiger charge is -2.34. The summed E-state index contributed by atoms with van der Waals surface area (Å²) in [7, 11) is -2.25. The number of benzene rings is 2. The van der Waals surface area contributed by atoms with Crippen LogP contribution in [0, 0.1) is 12.7 Å². The maximum Gasteiger partial charge on any atom is 0.309 e. The van der Waals surface area contributed by atoms with Gasteiger partial charge in [0.2, 0.25) is 10.0 Å². The fourth-order valence-electron chi connectivity index (χ4n) is 3.97. The molecule has 1 fully saturated rings. The van der Waals surface area contributed by atoms with Gasteiger partial charge in [0.15, 0.2) is 0 Å². The molecular weight excluding hydrogens is 461 g/mol. The smallest absolute Gasteiger partial charge is 0.309 e. The first kappa shape index (κ1) is 25.6. The van der Waals surface area contributed by atoms with Gasteiger partial charge < -0.3 is 15.4 Å². The number of ether oxygens (including phenoxy) is 1. The lowest BCUT2D eigenvalue weighted by atomic mass is 10.0. The Morgan fingerprint density at radius 1 is 1.12 bits per heavy atom. The highest BCUT2D eigenvalue weighted by molar-refractivity contribution is 7.89. The molecule has 2 aromatic rings. The van der Waals surface area contributed by atoms with Crippen LogP contribution in [0.3, 0.4) is 0 Å². The van der Waals surface area contributed by atoms with Crippen LogP contribution in [-0.4, -0.2) is 50.8 Å². The van der Waals surface area contributed by atoms with E-state index in [1.165, 1.54) is 23.4 Å². The second-order valence-electron chi connectivity index (χ2n) is 8.26. The van der Waals surface area contributed by atoms with Gasteiger partial charge in [-0.1, -0.05) is 18.6 Å². The number of amides is 2. The molecule has 1 atom stereocenters. The molecule has 8 nitrogen and oxygen atoms in total. The van der Waals surface area contributed by atoms with Crippen molar-refractivity contribution in [2.45, 2.75) is 50.1 Å². The van der Waals surface area contributed by atoms with Gasteiger partial charge in [-0.05, 0) is 67.6 Å². The van der Waals surface area contributed by atoms with Crippen molar-refractivity contribution >= 4 is 21.8 Å². The Balaban J connectivity index is 1.54. The van der Waals surface area contributed by atoms with Crippen LogP contribution >= 0.6 is 0 Å². The number of rotatable bonds is 8. The molecule has 0 aliphatic carbocycles. The van der Waals surface area contributed by atoms with Crippen molar-refractivity contribution in [1.29, 1.82) is 0 Å². The van der Waals surface area contributed by atoms with Gasteiger partial charge in [0.05, 0.1) is 12.0 Å². The van der Waals surface area contributed by atoms with E-state index >= 15 is 0 Å². The van der Waals surface area contributed by atoms with E-state index in [0.29, 0.717) is 25.1 Å². The van der Waals surface area contributed by atoms with E-state index in [2.05, 4.69) is 10.6 Å². The van der Waals surface area contributed by atoms with Crippen molar-refractivity contribution in [2.24, 2.45) is 0 Å². The Morgan fingerprint density at radius 2 is 1.88 bits per heavy atom.